The lowest BCUT2D eigenvalue weighted by Gasteiger charge is -1.98. The number of hydrazone groups is 1. The summed E-state index contributed by atoms with van der Waals surface area (Å²) in [5.74, 6) is -0.675. The first-order chi connectivity index (χ1) is 10.1. The van der Waals surface area contributed by atoms with Crippen LogP contribution in [0.25, 0.3) is 10.9 Å². The van der Waals surface area contributed by atoms with Crippen molar-refractivity contribution < 1.29 is 9.90 Å². The molecule has 0 fully saturated rings. The van der Waals surface area contributed by atoms with Gasteiger partial charge < -0.3 is 10.8 Å². The van der Waals surface area contributed by atoms with E-state index in [1.807, 2.05) is 0 Å². The summed E-state index contributed by atoms with van der Waals surface area (Å²) >= 11 is 1.32. The quantitative estimate of drug-likeness (QED) is 0.429. The molecular formula is C12H10N6O2S. The number of nitrogens with two attached hydrogens (primary N) is 1. The molecule has 2 heterocycles. The summed E-state index contributed by atoms with van der Waals surface area (Å²) in [4.78, 5) is 15.2. The van der Waals surface area contributed by atoms with Gasteiger partial charge in [0.15, 0.2) is 5.69 Å². The number of carbonyl (C=O) groups is 1. The van der Waals surface area contributed by atoms with E-state index in [4.69, 9.17) is 10.8 Å². The Bertz CT molecular complexity index is 837. The molecule has 0 saturated carbocycles. The maximum atomic E-state index is 11.2. The van der Waals surface area contributed by atoms with E-state index in [0.717, 1.165) is 0 Å². The highest BCUT2D eigenvalue weighted by molar-refractivity contribution is 7.14. The van der Waals surface area contributed by atoms with Gasteiger partial charge in [0, 0.05) is 16.3 Å². The molecule has 3 aromatic rings. The largest absolute Gasteiger partial charge is 0.476 e. The zero-order valence-electron chi connectivity index (χ0n) is 10.6. The molecule has 0 radical (unpaired) electrons. The minimum Gasteiger partial charge on any atom is -0.476 e. The van der Waals surface area contributed by atoms with E-state index in [1.165, 1.54) is 17.6 Å². The fourth-order valence-electron chi connectivity index (χ4n) is 1.86. The average Bonchev–Trinajstić information content (AvgIpc) is 3.05. The molecule has 0 spiro atoms. The maximum absolute atomic E-state index is 11.2. The van der Waals surface area contributed by atoms with Gasteiger partial charge in [0.1, 0.15) is 5.82 Å². The number of hydrogen-bond acceptors (Lipinski definition) is 7. The van der Waals surface area contributed by atoms with Crippen LogP contribution in [-0.4, -0.2) is 32.5 Å². The van der Waals surface area contributed by atoms with Crippen LogP contribution in [-0.2, 0) is 0 Å². The number of nitrogens with one attached hydrogen (secondary N) is 2. The number of aromatic nitrogens is 3. The fraction of sp³-hybridized carbons (Fsp3) is 0. The van der Waals surface area contributed by atoms with Crippen molar-refractivity contribution in [2.24, 2.45) is 5.10 Å². The predicted octanol–water partition coefficient (Wildman–Crippen LogP) is 1.75. The lowest BCUT2D eigenvalue weighted by molar-refractivity contribution is 0.0692. The lowest BCUT2D eigenvalue weighted by Crippen LogP contribution is -1.99. The van der Waals surface area contributed by atoms with E-state index >= 15 is 0 Å². The Morgan fingerprint density at radius 1 is 1.52 bits per heavy atom. The third-order valence-electron chi connectivity index (χ3n) is 2.71. The van der Waals surface area contributed by atoms with Gasteiger partial charge in [-0.3, -0.25) is 10.5 Å². The molecule has 0 bridgehead atoms. The highest BCUT2D eigenvalue weighted by Crippen LogP contribution is 2.20. The molecule has 8 nitrogen and oxygen atoms in total. The molecule has 3 rings (SSSR count). The molecule has 0 amide bonds. The molecule has 5 N–H and O–H groups in total. The van der Waals surface area contributed by atoms with Crippen LogP contribution in [0.5, 0.6) is 0 Å². The summed E-state index contributed by atoms with van der Waals surface area (Å²) in [6, 6.07) is 5.29. The van der Waals surface area contributed by atoms with Gasteiger partial charge >= 0.3 is 5.97 Å². The van der Waals surface area contributed by atoms with Gasteiger partial charge in [-0.25, -0.2) is 9.78 Å². The van der Waals surface area contributed by atoms with Crippen molar-refractivity contribution in [2.45, 2.75) is 0 Å². The van der Waals surface area contributed by atoms with Crippen molar-refractivity contribution >= 4 is 45.4 Å². The van der Waals surface area contributed by atoms with Crippen LogP contribution in [0.4, 0.5) is 10.9 Å². The molecule has 21 heavy (non-hydrogen) atoms. The molecule has 0 saturated heterocycles. The third kappa shape index (κ3) is 2.54. The number of nitrogens with zero attached hydrogens (tertiary/aromatic N) is 3. The maximum Gasteiger partial charge on any atom is 0.357 e. The van der Waals surface area contributed by atoms with Crippen molar-refractivity contribution in [3.05, 3.63) is 34.8 Å². The predicted molar refractivity (Wildman–Crippen MR) is 80.8 cm³/mol. The van der Waals surface area contributed by atoms with E-state index in [9.17, 15) is 4.79 Å². The molecule has 0 atom stereocenters. The third-order valence-corrected chi connectivity index (χ3v) is 3.48. The number of carboxylic acid groups (broad SMARTS) is 1. The number of benzene rings is 1. The van der Waals surface area contributed by atoms with Crippen molar-refractivity contribution in [3.8, 4) is 0 Å². The molecule has 106 valence electrons. The van der Waals surface area contributed by atoms with E-state index in [0.29, 0.717) is 27.4 Å². The highest BCUT2D eigenvalue weighted by atomic mass is 32.1. The Labute approximate surface area is 122 Å². The molecule has 0 aliphatic carbocycles. The zero-order valence-corrected chi connectivity index (χ0v) is 11.4. The number of hydrogen-bond donors (Lipinski definition) is 4. The molecule has 0 aliphatic rings. The molecule has 0 unspecified atom stereocenters. The number of fused-ring (bicyclic) bond motifs is 1. The van der Waals surface area contributed by atoms with Gasteiger partial charge in [0.05, 0.1) is 11.7 Å². The zero-order chi connectivity index (χ0) is 14.8. The van der Waals surface area contributed by atoms with Crippen LogP contribution in [0.3, 0.4) is 0 Å². The molecular weight excluding hydrogens is 292 g/mol. The van der Waals surface area contributed by atoms with Gasteiger partial charge in [-0.1, -0.05) is 12.1 Å². The first-order valence-corrected chi connectivity index (χ1v) is 6.73. The topological polar surface area (TPSA) is 129 Å². The summed E-state index contributed by atoms with van der Waals surface area (Å²) in [5.41, 5.74) is 9.48. The minimum absolute atomic E-state index is 0.0365. The summed E-state index contributed by atoms with van der Waals surface area (Å²) in [6.45, 7) is 0. The summed E-state index contributed by atoms with van der Waals surface area (Å²) in [5, 5.41) is 22.4. The summed E-state index contributed by atoms with van der Waals surface area (Å²) in [7, 11) is 0. The summed E-state index contributed by atoms with van der Waals surface area (Å²) < 4.78 is 0. The number of thiazole rings is 1. The number of anilines is 2. The number of nitrogen functional groups attached to an aromatic ring is 1. The van der Waals surface area contributed by atoms with E-state index in [2.05, 4.69) is 25.7 Å². The molecule has 0 aliphatic heterocycles. The Kier molecular flexibility index (Phi) is 3.24. The van der Waals surface area contributed by atoms with Gasteiger partial charge in [0.2, 0.25) is 5.13 Å². The standard InChI is InChI=1S/C12H10N6O2S/c13-8-5-21-12(15-8)18-14-4-6-2-1-3-7-9(6)10(11(19)20)17-16-7/h1-5H,13H2,(H,15,18)(H,16,17)(H,19,20). The average molecular weight is 302 g/mol. The first kappa shape index (κ1) is 13.1. The second-order valence-corrected chi connectivity index (χ2v) is 4.95. The minimum atomic E-state index is -1.09. The highest BCUT2D eigenvalue weighted by Gasteiger charge is 2.14. The van der Waals surface area contributed by atoms with Gasteiger partial charge in [-0.15, -0.1) is 11.3 Å². The van der Waals surface area contributed by atoms with Crippen LogP contribution in [0, 0.1) is 0 Å². The van der Waals surface area contributed by atoms with E-state index < -0.39 is 5.97 Å². The van der Waals surface area contributed by atoms with Crippen LogP contribution < -0.4 is 11.2 Å². The van der Waals surface area contributed by atoms with Crippen molar-refractivity contribution in [1.29, 1.82) is 0 Å². The van der Waals surface area contributed by atoms with Gasteiger partial charge in [-0.2, -0.15) is 10.2 Å². The number of carboxylic acids is 1. The number of aromatic amines is 1. The number of rotatable bonds is 4. The molecule has 2 aromatic heterocycles. The fourth-order valence-corrected chi connectivity index (χ4v) is 2.41. The number of aromatic carboxylic acids is 1. The Morgan fingerprint density at radius 2 is 2.38 bits per heavy atom. The van der Waals surface area contributed by atoms with Crippen molar-refractivity contribution in [3.63, 3.8) is 0 Å². The molecule has 1 aromatic carbocycles. The SMILES string of the molecule is Nc1csc(NN=Cc2cccc3[nH]nc(C(=O)O)c23)n1. The first-order valence-electron chi connectivity index (χ1n) is 5.85. The van der Waals surface area contributed by atoms with Gasteiger partial charge in [0.25, 0.3) is 0 Å². The second-order valence-electron chi connectivity index (χ2n) is 4.09. The van der Waals surface area contributed by atoms with E-state index in [1.54, 1.807) is 23.6 Å². The monoisotopic (exact) mass is 302 g/mol. The number of H-pyrrole nitrogens is 1. The Morgan fingerprint density at radius 3 is 3.10 bits per heavy atom. The van der Waals surface area contributed by atoms with Crippen LogP contribution in [0.1, 0.15) is 16.1 Å². The van der Waals surface area contributed by atoms with Crippen molar-refractivity contribution in [2.75, 3.05) is 11.2 Å². The van der Waals surface area contributed by atoms with Crippen LogP contribution >= 0.6 is 11.3 Å². The Balaban J connectivity index is 1.93. The van der Waals surface area contributed by atoms with Crippen LogP contribution in [0.2, 0.25) is 0 Å². The summed E-state index contributed by atoms with van der Waals surface area (Å²) in [6.07, 6.45) is 1.52. The Hall–Kier alpha value is -2.94. The van der Waals surface area contributed by atoms with Gasteiger partial charge in [-0.05, 0) is 6.07 Å². The van der Waals surface area contributed by atoms with E-state index in [-0.39, 0.29) is 5.69 Å². The smallest absolute Gasteiger partial charge is 0.357 e. The normalized spacial score (nSPS) is 11.2. The molecule has 9 heteroatoms. The van der Waals surface area contributed by atoms with Crippen LogP contribution in [0.15, 0.2) is 28.7 Å². The second kappa shape index (κ2) is 5.21. The lowest BCUT2D eigenvalue weighted by atomic mass is 10.1. The van der Waals surface area contributed by atoms with Crippen molar-refractivity contribution in [1.82, 2.24) is 15.2 Å².